The van der Waals surface area contributed by atoms with Crippen LogP contribution in [-0.2, 0) is 10.0 Å². The van der Waals surface area contributed by atoms with Crippen LogP contribution < -0.4 is 14.8 Å². The Morgan fingerprint density at radius 1 is 1.06 bits per heavy atom. The lowest BCUT2D eigenvalue weighted by Gasteiger charge is -2.12. The van der Waals surface area contributed by atoms with E-state index in [9.17, 15) is 23.3 Å². The quantitative estimate of drug-likeness (QED) is 0.398. The molecule has 9 nitrogen and oxygen atoms in total. The molecule has 2 N–H and O–H groups in total. The van der Waals surface area contributed by atoms with Crippen LogP contribution in [0.4, 0.5) is 17.1 Å². The number of rotatable bonds is 7. The standard InChI is InChI=1S/C20H16ClN3O6S/c1-30-18-10-8-15(24(26)27)12-17(18)22-20(25)13-7-9-16(21)19(11-13)31(28,29)23-14-5-3-2-4-6-14/h2-12,23H,1H3,(H,22,25). The van der Waals surface area contributed by atoms with Crippen LogP contribution in [0.5, 0.6) is 5.75 Å². The number of nitro groups is 1. The lowest BCUT2D eigenvalue weighted by atomic mass is 10.2. The predicted molar refractivity (Wildman–Crippen MR) is 116 cm³/mol. The van der Waals surface area contributed by atoms with E-state index in [4.69, 9.17) is 16.3 Å². The summed E-state index contributed by atoms with van der Waals surface area (Å²) in [5.74, 6) is -0.502. The maximum atomic E-state index is 12.8. The lowest BCUT2D eigenvalue weighted by molar-refractivity contribution is -0.384. The maximum absolute atomic E-state index is 12.8. The van der Waals surface area contributed by atoms with Crippen LogP contribution in [0, 0.1) is 10.1 Å². The molecule has 0 aliphatic carbocycles. The molecule has 0 saturated heterocycles. The molecular weight excluding hydrogens is 446 g/mol. The van der Waals surface area contributed by atoms with Gasteiger partial charge in [0.1, 0.15) is 10.6 Å². The summed E-state index contributed by atoms with van der Waals surface area (Å²) < 4.78 is 33.0. The van der Waals surface area contributed by atoms with Crippen molar-refractivity contribution >= 4 is 44.6 Å². The summed E-state index contributed by atoms with van der Waals surface area (Å²) in [6, 6.07) is 15.6. The van der Waals surface area contributed by atoms with Crippen molar-refractivity contribution in [1.29, 1.82) is 0 Å². The number of halogens is 1. The number of carbonyl (C=O) groups is 1. The smallest absolute Gasteiger partial charge is 0.271 e. The fraction of sp³-hybridized carbons (Fsp3) is 0.0500. The number of carbonyl (C=O) groups excluding carboxylic acids is 1. The summed E-state index contributed by atoms with van der Waals surface area (Å²) in [7, 11) is -2.73. The van der Waals surface area contributed by atoms with Gasteiger partial charge in [-0.2, -0.15) is 0 Å². The van der Waals surface area contributed by atoms with Gasteiger partial charge in [-0.1, -0.05) is 29.8 Å². The normalized spacial score (nSPS) is 10.9. The number of amides is 1. The number of ether oxygens (including phenoxy) is 1. The first-order valence-electron chi connectivity index (χ1n) is 8.72. The summed E-state index contributed by atoms with van der Waals surface area (Å²) >= 11 is 6.07. The van der Waals surface area contributed by atoms with E-state index in [1.54, 1.807) is 30.3 Å². The number of hydrogen-bond acceptors (Lipinski definition) is 6. The van der Waals surface area contributed by atoms with Crippen molar-refractivity contribution in [3.8, 4) is 5.75 Å². The third-order valence-corrected chi connectivity index (χ3v) is 6.01. The van der Waals surface area contributed by atoms with Crippen molar-refractivity contribution in [3.05, 3.63) is 87.4 Å². The number of anilines is 2. The summed E-state index contributed by atoms with van der Waals surface area (Å²) in [6.07, 6.45) is 0. The molecule has 0 radical (unpaired) electrons. The third kappa shape index (κ3) is 5.11. The molecule has 0 saturated carbocycles. The number of methoxy groups -OCH3 is 1. The maximum Gasteiger partial charge on any atom is 0.271 e. The minimum absolute atomic E-state index is 0.0219. The van der Waals surface area contributed by atoms with Gasteiger partial charge in [0, 0.05) is 23.4 Å². The molecule has 0 spiro atoms. The van der Waals surface area contributed by atoms with E-state index >= 15 is 0 Å². The zero-order valence-corrected chi connectivity index (χ0v) is 17.6. The van der Waals surface area contributed by atoms with E-state index in [1.807, 2.05) is 0 Å². The van der Waals surface area contributed by atoms with Crippen LogP contribution in [0.1, 0.15) is 10.4 Å². The van der Waals surface area contributed by atoms with Crippen LogP contribution in [-0.4, -0.2) is 26.4 Å². The van der Waals surface area contributed by atoms with Gasteiger partial charge in [-0.05, 0) is 36.4 Å². The Morgan fingerprint density at radius 3 is 2.42 bits per heavy atom. The molecule has 0 aromatic heterocycles. The Balaban J connectivity index is 1.92. The number of benzene rings is 3. The molecule has 3 aromatic carbocycles. The molecule has 0 unspecified atom stereocenters. The molecule has 11 heteroatoms. The van der Waals surface area contributed by atoms with E-state index in [-0.39, 0.29) is 32.6 Å². The van der Waals surface area contributed by atoms with Gasteiger partial charge in [-0.25, -0.2) is 8.42 Å². The molecule has 0 aliphatic heterocycles. The van der Waals surface area contributed by atoms with Gasteiger partial charge in [0.2, 0.25) is 0 Å². The summed E-state index contributed by atoms with van der Waals surface area (Å²) in [5.41, 5.74) is 0.118. The highest BCUT2D eigenvalue weighted by molar-refractivity contribution is 7.92. The van der Waals surface area contributed by atoms with E-state index in [0.29, 0.717) is 5.69 Å². The van der Waals surface area contributed by atoms with Crippen molar-refractivity contribution in [2.75, 3.05) is 17.1 Å². The van der Waals surface area contributed by atoms with Gasteiger partial charge in [-0.15, -0.1) is 0 Å². The fourth-order valence-electron chi connectivity index (χ4n) is 2.67. The van der Waals surface area contributed by atoms with E-state index < -0.39 is 20.9 Å². The highest BCUT2D eigenvalue weighted by atomic mass is 35.5. The van der Waals surface area contributed by atoms with E-state index in [2.05, 4.69) is 10.0 Å². The molecule has 3 rings (SSSR count). The number of nitro benzene ring substituents is 1. The molecule has 1 amide bonds. The second-order valence-electron chi connectivity index (χ2n) is 6.21. The monoisotopic (exact) mass is 461 g/mol. The predicted octanol–water partition coefficient (Wildman–Crippen LogP) is 4.31. The molecule has 0 aliphatic rings. The van der Waals surface area contributed by atoms with Gasteiger partial charge in [0.05, 0.1) is 22.7 Å². The molecule has 160 valence electrons. The first-order chi connectivity index (χ1) is 14.7. The average Bonchev–Trinajstić information content (AvgIpc) is 2.74. The fourth-order valence-corrected chi connectivity index (χ4v) is 4.25. The Hall–Kier alpha value is -3.63. The topological polar surface area (TPSA) is 128 Å². The van der Waals surface area contributed by atoms with Crippen LogP contribution >= 0.6 is 11.6 Å². The van der Waals surface area contributed by atoms with Crippen molar-refractivity contribution in [1.82, 2.24) is 0 Å². The summed E-state index contributed by atoms with van der Waals surface area (Å²) in [5, 5.41) is 13.4. The highest BCUT2D eigenvalue weighted by Crippen LogP contribution is 2.30. The molecular formula is C20H16ClN3O6S. The molecule has 0 atom stereocenters. The number of para-hydroxylation sites is 1. The minimum atomic E-state index is -4.08. The van der Waals surface area contributed by atoms with Gasteiger partial charge >= 0.3 is 0 Å². The zero-order chi connectivity index (χ0) is 22.6. The highest BCUT2D eigenvalue weighted by Gasteiger charge is 2.21. The number of sulfonamides is 1. The number of hydrogen-bond donors (Lipinski definition) is 2. The molecule has 31 heavy (non-hydrogen) atoms. The van der Waals surface area contributed by atoms with E-state index in [1.165, 1.54) is 31.4 Å². The van der Waals surface area contributed by atoms with Crippen molar-refractivity contribution < 1.29 is 22.9 Å². The van der Waals surface area contributed by atoms with Crippen LogP contribution in [0.25, 0.3) is 0 Å². The second-order valence-corrected chi connectivity index (χ2v) is 8.27. The van der Waals surface area contributed by atoms with E-state index in [0.717, 1.165) is 12.1 Å². The SMILES string of the molecule is COc1ccc([N+](=O)[O-])cc1NC(=O)c1ccc(Cl)c(S(=O)(=O)Nc2ccccc2)c1. The largest absolute Gasteiger partial charge is 0.495 e. The molecule has 3 aromatic rings. The van der Waals surface area contributed by atoms with Gasteiger partial charge in [-0.3, -0.25) is 19.6 Å². The van der Waals surface area contributed by atoms with Gasteiger partial charge in [0.15, 0.2) is 0 Å². The Labute approximate surface area is 182 Å². The van der Waals surface area contributed by atoms with Gasteiger partial charge in [0.25, 0.3) is 21.6 Å². The number of non-ortho nitro benzene ring substituents is 1. The summed E-state index contributed by atoms with van der Waals surface area (Å²) in [6.45, 7) is 0. The third-order valence-electron chi connectivity index (χ3n) is 4.15. The van der Waals surface area contributed by atoms with Crippen molar-refractivity contribution in [2.45, 2.75) is 4.90 Å². The van der Waals surface area contributed by atoms with Gasteiger partial charge < -0.3 is 10.1 Å². The molecule has 0 bridgehead atoms. The van der Waals surface area contributed by atoms with Crippen molar-refractivity contribution in [2.24, 2.45) is 0 Å². The van der Waals surface area contributed by atoms with Crippen LogP contribution in [0.2, 0.25) is 5.02 Å². The lowest BCUT2D eigenvalue weighted by Crippen LogP contribution is -2.16. The first-order valence-corrected chi connectivity index (χ1v) is 10.6. The number of nitrogens with one attached hydrogen (secondary N) is 2. The average molecular weight is 462 g/mol. The minimum Gasteiger partial charge on any atom is -0.495 e. The van der Waals surface area contributed by atoms with Crippen LogP contribution in [0.3, 0.4) is 0 Å². The number of nitrogens with zero attached hydrogens (tertiary/aromatic N) is 1. The Morgan fingerprint density at radius 2 is 1.77 bits per heavy atom. The van der Waals surface area contributed by atoms with Crippen LogP contribution in [0.15, 0.2) is 71.6 Å². The Kier molecular flexibility index (Phi) is 6.42. The molecule has 0 fully saturated rings. The van der Waals surface area contributed by atoms with Crippen molar-refractivity contribution in [3.63, 3.8) is 0 Å². The second kappa shape index (κ2) is 9.02. The Bertz CT molecular complexity index is 1250. The summed E-state index contributed by atoms with van der Waals surface area (Å²) in [4.78, 5) is 22.8. The zero-order valence-electron chi connectivity index (χ0n) is 16.0. The first kappa shape index (κ1) is 22.1. The molecule has 0 heterocycles.